The van der Waals surface area contributed by atoms with Gasteiger partial charge in [0.25, 0.3) is 11.4 Å². The predicted octanol–water partition coefficient (Wildman–Crippen LogP) is 17.3. The molecule has 0 bridgehead atoms. The minimum atomic E-state index is -0.524. The van der Waals surface area contributed by atoms with Crippen molar-refractivity contribution in [3.8, 4) is 87.3 Å². The molecule has 682 valence electrons. The molecule has 35 nitrogen and oxygen atoms in total. The third-order valence-corrected chi connectivity index (χ3v) is 22.5. The summed E-state index contributed by atoms with van der Waals surface area (Å²) in [6.07, 6.45) is 0.889. The van der Waals surface area contributed by atoms with E-state index in [1.807, 2.05) is 262 Å². The first-order valence-electron chi connectivity index (χ1n) is 42.7. The Morgan fingerprint density at radius 3 is 0.779 bits per heavy atom. The molecule has 0 radical (unpaired) electrons. The van der Waals surface area contributed by atoms with E-state index in [4.69, 9.17) is 19.2 Å². The molecule has 5 amide bonds. The van der Waals surface area contributed by atoms with Crippen molar-refractivity contribution in [1.82, 2.24) is 49.8 Å². The number of hydrogen-bond acceptors (Lipinski definition) is 28. The number of benzene rings is 10. The van der Waals surface area contributed by atoms with Gasteiger partial charge < -0.3 is 0 Å². The van der Waals surface area contributed by atoms with Crippen molar-refractivity contribution >= 4 is 111 Å². The molecule has 0 aliphatic carbocycles. The normalized spacial score (nSPS) is 12.3. The van der Waals surface area contributed by atoms with Gasteiger partial charge >= 0.3 is 12.3 Å². The fourth-order valence-corrected chi connectivity index (χ4v) is 15.5. The van der Waals surface area contributed by atoms with Crippen molar-refractivity contribution in [2.75, 3.05) is 24.5 Å². The summed E-state index contributed by atoms with van der Waals surface area (Å²) in [7, 11) is 0. The molecule has 10 aromatic carbocycles. The van der Waals surface area contributed by atoms with Crippen LogP contribution in [0.1, 0.15) is 101 Å². The molecule has 0 saturated carbocycles. The standard InChI is InChI=1S/3C21H16N4O.2C20H13N5O3.2CO2/c1-13-3-7-15(8-4-13)20-23-18(12-22)17-11-19(26)25(21(17)24-20)16-9-5-14(2)6-10-16;1-13-6-8-15(9-7-13)20-23-18(12-22)17-11-19(26)25(21(17)24-20)16-5-3-4-14(2)10-16;1-13-7-9-15(10-8-13)20-23-17(12-22)16-11-19(26)25(21(16)24-20)18-6-4-3-5-14(18)2;1-12-2-4-13(5-3-12)19-22-17(11-21)16-10-18(26)24(20(16)23-19)14-6-8-15(9-7-14)25(27)28;1-12-5-7-13(8-6-12)19-22-17(11-21)16-10-18(26)24(20(16)23-19)14-3-2-4-15(9-14)25(27)28;2*2-1-3/h3*3-10H,11H2,1-2H3;2*2-9H,10H2,1H3;;. The van der Waals surface area contributed by atoms with Gasteiger partial charge in [-0.15, -0.1) is 0 Å². The van der Waals surface area contributed by atoms with Crippen LogP contribution in [0.3, 0.4) is 0 Å². The molecule has 5 aliphatic heterocycles. The van der Waals surface area contributed by atoms with Gasteiger partial charge in [-0.05, 0) is 115 Å². The maximum absolute atomic E-state index is 12.7. The number of rotatable bonds is 12. The molecule has 0 spiro atoms. The lowest BCUT2D eigenvalue weighted by Crippen LogP contribution is -2.22. The molecule has 15 aromatic rings. The Morgan fingerprint density at radius 1 is 0.264 bits per heavy atom. The number of nitrogens with zero attached hydrogens (tertiary/aromatic N) is 22. The largest absolute Gasteiger partial charge is 0.373 e. The number of fused-ring (bicyclic) bond motifs is 5. The molecular weight excluding hydrogens is 1780 g/mol. The molecule has 0 fully saturated rings. The van der Waals surface area contributed by atoms with Crippen LogP contribution in [-0.4, -0.2) is 102 Å². The van der Waals surface area contributed by atoms with Gasteiger partial charge in [0, 0.05) is 79.9 Å². The number of nitriles is 5. The second kappa shape index (κ2) is 42.2. The van der Waals surface area contributed by atoms with Gasteiger partial charge in [0.15, 0.2) is 29.1 Å². The molecule has 0 saturated heterocycles. The fourth-order valence-electron chi connectivity index (χ4n) is 15.5. The van der Waals surface area contributed by atoms with Gasteiger partial charge in [0.05, 0.1) is 70.4 Å². The molecule has 35 heteroatoms. The van der Waals surface area contributed by atoms with Crippen molar-refractivity contribution in [2.45, 2.75) is 87.5 Å². The summed E-state index contributed by atoms with van der Waals surface area (Å²) in [5.74, 6) is 3.27. The van der Waals surface area contributed by atoms with E-state index in [1.54, 1.807) is 20.8 Å². The van der Waals surface area contributed by atoms with Crippen molar-refractivity contribution in [3.05, 3.63) is 364 Å². The number of hydrogen-bond donors (Lipinski definition) is 0. The highest BCUT2D eigenvalue weighted by atomic mass is 16.6. The first kappa shape index (κ1) is 96.0. The van der Waals surface area contributed by atoms with Crippen molar-refractivity contribution in [2.24, 2.45) is 0 Å². The first-order valence-corrected chi connectivity index (χ1v) is 42.7. The van der Waals surface area contributed by atoms with Gasteiger partial charge in [-0.3, -0.25) is 68.7 Å². The maximum Gasteiger partial charge on any atom is 0.373 e. The maximum atomic E-state index is 12.7. The van der Waals surface area contributed by atoms with Crippen LogP contribution in [0, 0.1) is 132 Å². The highest BCUT2D eigenvalue weighted by Crippen LogP contribution is 2.44. The fraction of sp³-hybridized carbons (Fsp3) is 0.124. The highest BCUT2D eigenvalue weighted by molar-refractivity contribution is 6.11. The second-order valence-corrected chi connectivity index (χ2v) is 32.1. The molecule has 0 N–H and O–H groups in total. The Kier molecular flexibility index (Phi) is 29.0. The van der Waals surface area contributed by atoms with Crippen molar-refractivity contribution in [3.63, 3.8) is 0 Å². The number of para-hydroxylation sites is 1. The van der Waals surface area contributed by atoms with E-state index >= 15 is 0 Å². The van der Waals surface area contributed by atoms with E-state index in [-0.39, 0.29) is 120 Å². The summed E-state index contributed by atoms with van der Waals surface area (Å²) < 4.78 is 0. The number of anilines is 10. The third-order valence-electron chi connectivity index (χ3n) is 22.5. The minimum Gasteiger partial charge on any atom is -0.274 e. The SMILES string of the molecule is Cc1ccc(-c2nc(C#N)c3c(n2)N(c2ccc(C)cc2)C(=O)C3)cc1.Cc1ccc(-c2nc(C#N)c3c(n2)N(c2ccc([N+](=O)[O-])cc2)C(=O)C3)cc1.Cc1ccc(-c2nc(C#N)c3c(n2)N(c2cccc(C)c2)C(=O)C3)cc1.Cc1ccc(-c2nc(C#N)c3c(n2)N(c2cccc([N+](=O)[O-])c2)C(=O)C3)cc1.Cc1ccc(-c2nc(C#N)c3c(n2)N(c2ccccc2C)C(=O)C3)cc1.O=C=O.O=C=O. The Morgan fingerprint density at radius 2 is 0.507 bits per heavy atom. The van der Waals surface area contributed by atoms with E-state index < -0.39 is 9.85 Å². The number of carbonyl (C=O) groups excluding carboxylic acids is 9. The summed E-state index contributed by atoms with van der Waals surface area (Å²) >= 11 is 0. The van der Waals surface area contributed by atoms with E-state index in [2.05, 4.69) is 68.0 Å². The zero-order chi connectivity index (χ0) is 99.9. The van der Waals surface area contributed by atoms with Crippen LogP contribution in [-0.2, 0) is 75.3 Å². The van der Waals surface area contributed by atoms with Crippen LogP contribution in [0.25, 0.3) is 56.9 Å². The summed E-state index contributed by atoms with van der Waals surface area (Å²) in [6.45, 7) is 15.9. The molecule has 10 heterocycles. The Bertz CT molecular complexity index is 7800. The lowest BCUT2D eigenvalue weighted by atomic mass is 10.1. The topological polar surface area (TPSA) is 504 Å². The first-order chi connectivity index (χ1) is 67.5. The average Bonchev–Trinajstić information content (AvgIpc) is 1.63. The van der Waals surface area contributed by atoms with Gasteiger partial charge in [-0.25, -0.2) is 49.8 Å². The Balaban J connectivity index is 0.000000137. The van der Waals surface area contributed by atoms with Crippen LogP contribution >= 0.6 is 0 Å². The quantitative estimate of drug-likeness (QED) is 0.0809. The zero-order valence-corrected chi connectivity index (χ0v) is 75.8. The van der Waals surface area contributed by atoms with Gasteiger partial charge in [0.1, 0.15) is 87.9 Å². The van der Waals surface area contributed by atoms with E-state index in [9.17, 15) is 70.5 Å². The third kappa shape index (κ3) is 20.7. The average molecular weight is 1850 g/mol. The Labute approximate surface area is 798 Å². The molecular formula is C105H74N22O13. The number of aryl methyl sites for hydroxylation is 8. The van der Waals surface area contributed by atoms with Crippen molar-refractivity contribution < 1.29 is 53.0 Å². The monoisotopic (exact) mass is 1850 g/mol. The summed E-state index contributed by atoms with van der Waals surface area (Å²) in [5, 5.41) is 69.6. The highest BCUT2D eigenvalue weighted by Gasteiger charge is 2.40. The van der Waals surface area contributed by atoms with Gasteiger partial charge in [0.2, 0.25) is 29.5 Å². The zero-order valence-electron chi connectivity index (χ0n) is 75.8. The smallest absolute Gasteiger partial charge is 0.274 e. The lowest BCUT2D eigenvalue weighted by Gasteiger charge is -2.19. The van der Waals surface area contributed by atoms with E-state index in [0.29, 0.717) is 97.1 Å². The second-order valence-electron chi connectivity index (χ2n) is 32.1. The summed E-state index contributed by atoms with van der Waals surface area (Å²) in [4.78, 5) is 169. The van der Waals surface area contributed by atoms with Crippen molar-refractivity contribution in [1.29, 1.82) is 26.3 Å². The number of amides is 5. The Hall–Kier alpha value is -20.0. The molecule has 140 heavy (non-hydrogen) atoms. The number of aromatic nitrogens is 10. The number of non-ortho nitro benzene ring substituents is 2. The van der Waals surface area contributed by atoms with Crippen LogP contribution in [0.2, 0.25) is 0 Å². The van der Waals surface area contributed by atoms with E-state index in [1.165, 1.54) is 52.3 Å². The molecule has 0 atom stereocenters. The molecule has 5 aromatic heterocycles. The molecule has 5 aliphatic rings. The van der Waals surface area contributed by atoms with Gasteiger partial charge in [-0.2, -0.15) is 45.5 Å². The minimum absolute atomic E-state index is 0.00337. The predicted molar refractivity (Wildman–Crippen MR) is 509 cm³/mol. The molecule has 20 rings (SSSR count). The van der Waals surface area contributed by atoms with Crippen LogP contribution in [0.5, 0.6) is 0 Å². The number of nitro groups is 2. The van der Waals surface area contributed by atoms with Crippen LogP contribution in [0.15, 0.2) is 243 Å². The lowest BCUT2D eigenvalue weighted by molar-refractivity contribution is -0.385. The number of nitro benzene ring substituents is 2. The van der Waals surface area contributed by atoms with Crippen LogP contribution < -0.4 is 24.5 Å². The molecule has 0 unspecified atom stereocenters. The number of carbonyl (C=O) groups is 5. The summed E-state index contributed by atoms with van der Waals surface area (Å²) in [5.41, 5.74) is 19.2. The van der Waals surface area contributed by atoms with E-state index in [0.717, 1.165) is 83.8 Å². The summed E-state index contributed by atoms with van der Waals surface area (Å²) in [6, 6.07) is 83.3. The van der Waals surface area contributed by atoms with Crippen LogP contribution in [0.4, 0.5) is 68.9 Å². The van der Waals surface area contributed by atoms with Gasteiger partial charge in [-0.1, -0.05) is 203 Å².